The van der Waals surface area contributed by atoms with Gasteiger partial charge in [0.2, 0.25) is 0 Å². The molecular formula is C25H22N2O3. The van der Waals surface area contributed by atoms with Crippen LogP contribution in [0.5, 0.6) is 5.75 Å². The van der Waals surface area contributed by atoms with Crippen LogP contribution in [0.15, 0.2) is 84.6 Å². The molecule has 0 saturated carbocycles. The zero-order valence-electron chi connectivity index (χ0n) is 16.9. The Bertz CT molecular complexity index is 1100. The number of imide groups is 1. The highest BCUT2D eigenvalue weighted by molar-refractivity contribution is 6.46. The molecule has 0 radical (unpaired) electrons. The second kappa shape index (κ2) is 8.25. The Morgan fingerprint density at radius 2 is 1.50 bits per heavy atom. The Labute approximate surface area is 175 Å². The maximum Gasteiger partial charge on any atom is 0.282 e. The van der Waals surface area contributed by atoms with Crippen LogP contribution in [0.3, 0.4) is 0 Å². The molecule has 5 nitrogen and oxygen atoms in total. The van der Waals surface area contributed by atoms with Gasteiger partial charge in [0.25, 0.3) is 11.8 Å². The summed E-state index contributed by atoms with van der Waals surface area (Å²) in [5.41, 5.74) is 3.62. The van der Waals surface area contributed by atoms with Gasteiger partial charge in [-0.25, -0.2) is 4.90 Å². The third-order valence-electron chi connectivity index (χ3n) is 4.87. The van der Waals surface area contributed by atoms with Gasteiger partial charge in [-0.3, -0.25) is 9.59 Å². The molecule has 1 aliphatic heterocycles. The van der Waals surface area contributed by atoms with Gasteiger partial charge in [0.05, 0.1) is 17.9 Å². The molecule has 0 aliphatic carbocycles. The average Bonchev–Trinajstić information content (AvgIpc) is 3.00. The molecule has 3 aromatic carbocycles. The van der Waals surface area contributed by atoms with Gasteiger partial charge >= 0.3 is 0 Å². The molecule has 3 aromatic rings. The molecule has 1 N–H and O–H groups in total. The van der Waals surface area contributed by atoms with Crippen molar-refractivity contribution in [1.82, 2.24) is 0 Å². The van der Waals surface area contributed by atoms with Crippen molar-refractivity contribution in [3.8, 4) is 5.75 Å². The van der Waals surface area contributed by atoms with Crippen molar-refractivity contribution >= 4 is 28.8 Å². The number of ether oxygens (including phenoxy) is 1. The highest BCUT2D eigenvalue weighted by atomic mass is 16.5. The van der Waals surface area contributed by atoms with Gasteiger partial charge in [-0.15, -0.1) is 0 Å². The van der Waals surface area contributed by atoms with Crippen molar-refractivity contribution in [2.24, 2.45) is 0 Å². The van der Waals surface area contributed by atoms with Crippen LogP contribution in [0.1, 0.15) is 18.1 Å². The van der Waals surface area contributed by atoms with Crippen LogP contribution in [0.4, 0.5) is 11.4 Å². The SMILES string of the molecule is CCOc1ccc(NC2=C(c3ccccc3)C(=O)N(c3ccc(C)cc3)C2=O)cc1. The summed E-state index contributed by atoms with van der Waals surface area (Å²) in [6, 6.07) is 23.9. The fourth-order valence-corrected chi connectivity index (χ4v) is 3.39. The second-order valence-electron chi connectivity index (χ2n) is 6.98. The molecule has 1 heterocycles. The first-order valence-corrected chi connectivity index (χ1v) is 9.83. The first-order valence-electron chi connectivity index (χ1n) is 9.83. The van der Waals surface area contributed by atoms with E-state index in [9.17, 15) is 9.59 Å². The van der Waals surface area contributed by atoms with Gasteiger partial charge in [-0.05, 0) is 55.8 Å². The number of hydrogen-bond donors (Lipinski definition) is 1. The minimum atomic E-state index is -0.378. The second-order valence-corrected chi connectivity index (χ2v) is 6.98. The Morgan fingerprint density at radius 3 is 2.13 bits per heavy atom. The van der Waals surface area contributed by atoms with E-state index < -0.39 is 0 Å². The van der Waals surface area contributed by atoms with E-state index in [1.54, 1.807) is 12.1 Å². The lowest BCUT2D eigenvalue weighted by Gasteiger charge is -2.15. The maximum atomic E-state index is 13.3. The number of benzene rings is 3. The first kappa shape index (κ1) is 19.5. The monoisotopic (exact) mass is 398 g/mol. The predicted molar refractivity (Wildman–Crippen MR) is 118 cm³/mol. The number of carbonyl (C=O) groups excluding carboxylic acids is 2. The van der Waals surface area contributed by atoms with Gasteiger partial charge in [-0.2, -0.15) is 0 Å². The molecule has 0 spiro atoms. The lowest BCUT2D eigenvalue weighted by molar-refractivity contribution is -0.120. The van der Waals surface area contributed by atoms with E-state index >= 15 is 0 Å². The Balaban J connectivity index is 1.74. The average molecular weight is 398 g/mol. The quantitative estimate of drug-likeness (QED) is 0.607. The van der Waals surface area contributed by atoms with Gasteiger partial charge in [0, 0.05) is 5.69 Å². The minimum absolute atomic E-state index is 0.260. The molecule has 1 aliphatic rings. The zero-order chi connectivity index (χ0) is 21.1. The summed E-state index contributed by atoms with van der Waals surface area (Å²) in [4.78, 5) is 27.9. The third-order valence-corrected chi connectivity index (χ3v) is 4.87. The zero-order valence-corrected chi connectivity index (χ0v) is 16.9. The van der Waals surface area contributed by atoms with Crippen molar-refractivity contribution in [3.63, 3.8) is 0 Å². The number of hydrogen-bond acceptors (Lipinski definition) is 4. The van der Waals surface area contributed by atoms with Crippen LogP contribution in [-0.2, 0) is 9.59 Å². The number of anilines is 2. The summed E-state index contributed by atoms with van der Waals surface area (Å²) >= 11 is 0. The number of nitrogens with zero attached hydrogens (tertiary/aromatic N) is 1. The topological polar surface area (TPSA) is 58.6 Å². The maximum absolute atomic E-state index is 13.3. The number of aryl methyl sites for hydroxylation is 1. The smallest absolute Gasteiger partial charge is 0.282 e. The largest absolute Gasteiger partial charge is 0.494 e. The lowest BCUT2D eigenvalue weighted by Crippen LogP contribution is -2.32. The van der Waals surface area contributed by atoms with Crippen molar-refractivity contribution in [1.29, 1.82) is 0 Å². The molecular weight excluding hydrogens is 376 g/mol. The number of amides is 2. The van der Waals surface area contributed by atoms with E-state index in [-0.39, 0.29) is 17.5 Å². The van der Waals surface area contributed by atoms with E-state index in [2.05, 4.69) is 5.32 Å². The van der Waals surface area contributed by atoms with Crippen molar-refractivity contribution in [3.05, 3.63) is 95.7 Å². The highest BCUT2D eigenvalue weighted by Crippen LogP contribution is 2.34. The predicted octanol–water partition coefficient (Wildman–Crippen LogP) is 4.79. The third kappa shape index (κ3) is 3.70. The standard InChI is InChI=1S/C25H22N2O3/c1-3-30-21-15-11-19(12-16-21)26-23-22(18-7-5-4-6-8-18)24(28)27(25(23)29)20-13-9-17(2)10-14-20/h4-16,26H,3H2,1-2H3. The van der Waals surface area contributed by atoms with Crippen LogP contribution in [0.25, 0.3) is 5.57 Å². The molecule has 0 saturated heterocycles. The fraction of sp³-hybridized carbons (Fsp3) is 0.120. The van der Waals surface area contributed by atoms with E-state index in [1.165, 1.54) is 4.90 Å². The molecule has 30 heavy (non-hydrogen) atoms. The minimum Gasteiger partial charge on any atom is -0.494 e. The number of nitrogens with one attached hydrogen (secondary N) is 1. The highest BCUT2D eigenvalue weighted by Gasteiger charge is 2.40. The summed E-state index contributed by atoms with van der Waals surface area (Å²) in [6.45, 7) is 4.46. The van der Waals surface area contributed by atoms with Crippen LogP contribution in [0, 0.1) is 6.92 Å². The van der Waals surface area contributed by atoms with Crippen LogP contribution < -0.4 is 15.0 Å². The molecule has 150 valence electrons. The van der Waals surface area contributed by atoms with Gasteiger partial charge in [0.15, 0.2) is 0 Å². The fourth-order valence-electron chi connectivity index (χ4n) is 3.39. The molecule has 0 unspecified atom stereocenters. The Kier molecular flexibility index (Phi) is 5.35. The van der Waals surface area contributed by atoms with Crippen molar-refractivity contribution in [2.75, 3.05) is 16.8 Å². The van der Waals surface area contributed by atoms with Gasteiger partial charge in [-0.1, -0.05) is 48.0 Å². The van der Waals surface area contributed by atoms with E-state index in [0.717, 1.165) is 11.3 Å². The van der Waals surface area contributed by atoms with E-state index in [0.29, 0.717) is 29.1 Å². The number of carbonyl (C=O) groups is 2. The first-order chi connectivity index (χ1) is 14.6. The number of rotatable bonds is 6. The van der Waals surface area contributed by atoms with Crippen LogP contribution in [0.2, 0.25) is 0 Å². The normalized spacial score (nSPS) is 13.7. The molecule has 0 atom stereocenters. The van der Waals surface area contributed by atoms with Gasteiger partial charge < -0.3 is 10.1 Å². The van der Waals surface area contributed by atoms with E-state index in [1.807, 2.05) is 80.6 Å². The van der Waals surface area contributed by atoms with Gasteiger partial charge in [0.1, 0.15) is 11.4 Å². The summed E-state index contributed by atoms with van der Waals surface area (Å²) in [7, 11) is 0. The van der Waals surface area contributed by atoms with Crippen LogP contribution >= 0.6 is 0 Å². The summed E-state index contributed by atoms with van der Waals surface area (Å²) in [5.74, 6) is 0.0236. The molecule has 5 heteroatoms. The molecule has 0 fully saturated rings. The summed E-state index contributed by atoms with van der Waals surface area (Å²) in [6.07, 6.45) is 0. The van der Waals surface area contributed by atoms with Crippen LogP contribution in [-0.4, -0.2) is 18.4 Å². The molecule has 0 aromatic heterocycles. The lowest BCUT2D eigenvalue weighted by atomic mass is 10.0. The molecule has 2 amide bonds. The summed E-state index contributed by atoms with van der Waals surface area (Å²) in [5, 5.41) is 3.16. The van der Waals surface area contributed by atoms with E-state index in [4.69, 9.17) is 4.74 Å². The Hall–Kier alpha value is -3.86. The Morgan fingerprint density at radius 1 is 0.833 bits per heavy atom. The van der Waals surface area contributed by atoms with Crippen molar-refractivity contribution < 1.29 is 14.3 Å². The molecule has 0 bridgehead atoms. The summed E-state index contributed by atoms with van der Waals surface area (Å²) < 4.78 is 5.47. The van der Waals surface area contributed by atoms with Crippen molar-refractivity contribution in [2.45, 2.75) is 13.8 Å². The molecule has 4 rings (SSSR count).